The highest BCUT2D eigenvalue weighted by molar-refractivity contribution is 6.22. The lowest BCUT2D eigenvalue weighted by molar-refractivity contribution is -0.123. The van der Waals surface area contributed by atoms with Crippen LogP contribution in [0.1, 0.15) is 46.9 Å². The van der Waals surface area contributed by atoms with Gasteiger partial charge in [0.15, 0.2) is 5.78 Å². The topological polar surface area (TPSA) is 80.8 Å². The number of fused-ring (bicyclic) bond motifs is 5. The zero-order chi connectivity index (χ0) is 21.0. The predicted molar refractivity (Wildman–Crippen MR) is 108 cm³/mol. The molecule has 6 heteroatoms. The van der Waals surface area contributed by atoms with E-state index >= 15 is 0 Å². The maximum Gasteiger partial charge on any atom is 0.343 e. The molecule has 152 valence electrons. The van der Waals surface area contributed by atoms with E-state index in [9.17, 15) is 19.2 Å². The Hall–Kier alpha value is -3.28. The summed E-state index contributed by atoms with van der Waals surface area (Å²) in [6.45, 7) is 1.41. The molecule has 5 rings (SSSR count). The smallest absolute Gasteiger partial charge is 0.343 e. The maximum atomic E-state index is 12.9. The summed E-state index contributed by atoms with van der Waals surface area (Å²) in [5.41, 5.74) is 1.09. The molecule has 2 saturated carbocycles. The van der Waals surface area contributed by atoms with Crippen molar-refractivity contribution in [1.82, 2.24) is 0 Å². The summed E-state index contributed by atoms with van der Waals surface area (Å²) in [5, 5.41) is 0. The monoisotopic (exact) mass is 403 g/mol. The Morgan fingerprint density at radius 3 is 2.10 bits per heavy atom. The van der Waals surface area contributed by atoms with E-state index in [4.69, 9.17) is 4.74 Å². The zero-order valence-electron chi connectivity index (χ0n) is 16.5. The van der Waals surface area contributed by atoms with Gasteiger partial charge in [0.2, 0.25) is 11.8 Å². The van der Waals surface area contributed by atoms with Crippen molar-refractivity contribution in [1.29, 1.82) is 0 Å². The molecule has 0 radical (unpaired) electrons. The van der Waals surface area contributed by atoms with Crippen molar-refractivity contribution in [2.75, 3.05) is 4.90 Å². The molecule has 6 nitrogen and oxygen atoms in total. The fourth-order valence-corrected chi connectivity index (χ4v) is 5.42. The molecule has 3 aliphatic rings. The Labute approximate surface area is 173 Å². The van der Waals surface area contributed by atoms with Crippen molar-refractivity contribution in [3.8, 4) is 5.75 Å². The Bertz CT molecular complexity index is 1050. The first-order chi connectivity index (χ1) is 14.5. The third-order valence-corrected chi connectivity index (χ3v) is 6.76. The predicted octanol–water partition coefficient (Wildman–Crippen LogP) is 3.64. The number of hydrogen-bond acceptors (Lipinski definition) is 5. The standard InChI is InChI=1S/C24H21NO5/c1-13(26)18-4-2-3-5-19(18)30-24(29)14-8-10-17(11-9-14)25-22(27)20-15-6-7-16(12-15)21(20)23(25)28/h2-5,8-11,15-16,20-21H,6-7,12H2,1H3/t15-,16-,20-,21+/m0/s1. The lowest BCUT2D eigenvalue weighted by atomic mass is 9.81. The van der Waals surface area contributed by atoms with E-state index < -0.39 is 5.97 Å². The fourth-order valence-electron chi connectivity index (χ4n) is 5.42. The summed E-state index contributed by atoms with van der Waals surface area (Å²) in [5.74, 6) is -0.510. The van der Waals surface area contributed by atoms with Gasteiger partial charge in [-0.15, -0.1) is 0 Å². The molecule has 0 aromatic heterocycles. The molecule has 2 aromatic rings. The van der Waals surface area contributed by atoms with Crippen LogP contribution in [0.4, 0.5) is 5.69 Å². The van der Waals surface area contributed by atoms with Gasteiger partial charge in [-0.3, -0.25) is 19.3 Å². The molecule has 1 aliphatic heterocycles. The number of amides is 2. The highest BCUT2D eigenvalue weighted by atomic mass is 16.5. The highest BCUT2D eigenvalue weighted by Crippen LogP contribution is 2.56. The number of ketones is 1. The van der Waals surface area contributed by atoms with Gasteiger partial charge < -0.3 is 4.74 Å². The van der Waals surface area contributed by atoms with E-state index in [0.717, 1.165) is 19.3 Å². The molecule has 2 aromatic carbocycles. The van der Waals surface area contributed by atoms with Gasteiger partial charge in [-0.1, -0.05) is 12.1 Å². The third kappa shape index (κ3) is 2.78. The quantitative estimate of drug-likeness (QED) is 0.337. The number of carbonyl (C=O) groups is 4. The second kappa shape index (κ2) is 6.90. The minimum atomic E-state index is -0.607. The number of carbonyl (C=O) groups excluding carboxylic acids is 4. The molecule has 0 unspecified atom stereocenters. The lowest BCUT2D eigenvalue weighted by Crippen LogP contribution is -2.32. The average Bonchev–Trinajstić information content (AvgIpc) is 3.42. The zero-order valence-corrected chi connectivity index (χ0v) is 16.5. The number of imide groups is 1. The van der Waals surface area contributed by atoms with E-state index in [-0.39, 0.29) is 40.7 Å². The summed E-state index contributed by atoms with van der Waals surface area (Å²) < 4.78 is 5.39. The molecule has 2 bridgehead atoms. The second-order valence-corrected chi connectivity index (χ2v) is 8.39. The number of rotatable bonds is 4. The number of ether oxygens (including phenoxy) is 1. The number of anilines is 1. The van der Waals surface area contributed by atoms with Crippen molar-refractivity contribution in [3.05, 3.63) is 59.7 Å². The third-order valence-electron chi connectivity index (χ3n) is 6.76. The van der Waals surface area contributed by atoms with Crippen LogP contribution in [0.2, 0.25) is 0 Å². The summed E-state index contributed by atoms with van der Waals surface area (Å²) >= 11 is 0. The highest BCUT2D eigenvalue weighted by Gasteiger charge is 2.61. The average molecular weight is 403 g/mol. The van der Waals surface area contributed by atoms with Crippen LogP contribution in [0, 0.1) is 23.7 Å². The molecule has 0 N–H and O–H groups in total. The van der Waals surface area contributed by atoms with Gasteiger partial charge in [-0.05, 0) is 74.4 Å². The van der Waals surface area contributed by atoms with Crippen molar-refractivity contribution in [3.63, 3.8) is 0 Å². The second-order valence-electron chi connectivity index (χ2n) is 8.39. The maximum absolute atomic E-state index is 12.9. The normalized spacial score (nSPS) is 26.8. The van der Waals surface area contributed by atoms with Gasteiger partial charge in [0.05, 0.1) is 28.7 Å². The lowest BCUT2D eigenvalue weighted by Gasteiger charge is -2.19. The van der Waals surface area contributed by atoms with Crippen molar-refractivity contribution in [2.45, 2.75) is 26.2 Å². The Balaban J connectivity index is 1.35. The Morgan fingerprint density at radius 2 is 1.50 bits per heavy atom. The molecule has 0 spiro atoms. The van der Waals surface area contributed by atoms with Crippen LogP contribution in [0.25, 0.3) is 0 Å². The molecule has 2 amide bonds. The first-order valence-corrected chi connectivity index (χ1v) is 10.3. The molecule has 30 heavy (non-hydrogen) atoms. The summed E-state index contributed by atoms with van der Waals surface area (Å²) in [4.78, 5) is 51.4. The van der Waals surface area contributed by atoms with Crippen LogP contribution in [0.3, 0.4) is 0 Å². The van der Waals surface area contributed by atoms with E-state index in [1.54, 1.807) is 36.4 Å². The van der Waals surface area contributed by atoms with Crippen molar-refractivity contribution >= 4 is 29.3 Å². The number of benzene rings is 2. The Kier molecular flexibility index (Phi) is 4.31. The molecule has 3 fully saturated rings. The molecular weight excluding hydrogens is 382 g/mol. The number of hydrogen-bond donors (Lipinski definition) is 0. The number of esters is 1. The van der Waals surface area contributed by atoms with Crippen LogP contribution >= 0.6 is 0 Å². The van der Waals surface area contributed by atoms with E-state index in [1.807, 2.05) is 0 Å². The molecule has 4 atom stereocenters. The van der Waals surface area contributed by atoms with Crippen LogP contribution < -0.4 is 9.64 Å². The molecule has 1 saturated heterocycles. The number of nitrogens with zero attached hydrogens (tertiary/aromatic N) is 1. The van der Waals surface area contributed by atoms with Crippen LogP contribution in [-0.4, -0.2) is 23.6 Å². The van der Waals surface area contributed by atoms with E-state index in [1.165, 1.54) is 24.0 Å². The van der Waals surface area contributed by atoms with Gasteiger partial charge >= 0.3 is 5.97 Å². The van der Waals surface area contributed by atoms with Crippen molar-refractivity contribution < 1.29 is 23.9 Å². The molecule has 1 heterocycles. The van der Waals surface area contributed by atoms with Crippen LogP contribution in [0.5, 0.6) is 5.75 Å². The van der Waals surface area contributed by atoms with Crippen molar-refractivity contribution in [2.24, 2.45) is 23.7 Å². The van der Waals surface area contributed by atoms with Gasteiger partial charge in [-0.25, -0.2) is 4.79 Å². The first kappa shape index (κ1) is 18.7. The summed E-state index contributed by atoms with van der Waals surface area (Å²) in [7, 11) is 0. The first-order valence-electron chi connectivity index (χ1n) is 10.3. The van der Waals surface area contributed by atoms with Crippen LogP contribution in [-0.2, 0) is 9.59 Å². The number of para-hydroxylation sites is 1. The summed E-state index contributed by atoms with van der Waals surface area (Å²) in [6, 6.07) is 12.8. The largest absolute Gasteiger partial charge is 0.422 e. The minimum absolute atomic E-state index is 0.108. The molecular formula is C24H21NO5. The van der Waals surface area contributed by atoms with Gasteiger partial charge in [0, 0.05) is 0 Å². The van der Waals surface area contributed by atoms with Gasteiger partial charge in [0.1, 0.15) is 5.75 Å². The van der Waals surface area contributed by atoms with Crippen LogP contribution in [0.15, 0.2) is 48.5 Å². The van der Waals surface area contributed by atoms with E-state index in [2.05, 4.69) is 0 Å². The van der Waals surface area contributed by atoms with E-state index in [0.29, 0.717) is 23.1 Å². The minimum Gasteiger partial charge on any atom is -0.422 e. The SMILES string of the molecule is CC(=O)c1ccccc1OC(=O)c1ccc(N2C(=O)[C@@H]3[C@H]4CC[C@@H](C4)[C@@H]3C2=O)cc1. The van der Waals surface area contributed by atoms with Gasteiger partial charge in [-0.2, -0.15) is 0 Å². The molecule has 2 aliphatic carbocycles. The van der Waals surface area contributed by atoms with Gasteiger partial charge in [0.25, 0.3) is 0 Å². The number of Topliss-reactive ketones (excluding diaryl/α,β-unsaturated/α-hetero) is 1. The Morgan fingerprint density at radius 1 is 0.900 bits per heavy atom. The summed E-state index contributed by atoms with van der Waals surface area (Å²) in [6.07, 6.45) is 3.06. The fraction of sp³-hybridized carbons (Fsp3) is 0.333.